The summed E-state index contributed by atoms with van der Waals surface area (Å²) in [5, 5.41) is 0. The lowest BCUT2D eigenvalue weighted by Gasteiger charge is -1.87. The minimum absolute atomic E-state index is 1.14. The van der Waals surface area contributed by atoms with Crippen molar-refractivity contribution in [3.63, 3.8) is 0 Å². The molecule has 0 fully saturated rings. The van der Waals surface area contributed by atoms with Crippen LogP contribution in [0.25, 0.3) is 12.2 Å². The number of hydrogen-bond acceptors (Lipinski definition) is 2. The van der Waals surface area contributed by atoms with Gasteiger partial charge in [0, 0.05) is 24.8 Å². The fourth-order valence-corrected chi connectivity index (χ4v) is 1.67. The molecule has 22 heavy (non-hydrogen) atoms. The number of nitrogens with zero attached hydrogens (tertiary/aromatic N) is 2. The van der Waals surface area contributed by atoms with Crippen LogP contribution in [0.5, 0.6) is 0 Å². The zero-order valence-electron chi connectivity index (χ0n) is 12.3. The smallest absolute Gasteiger partial charge is 0.0273 e. The average Bonchev–Trinajstić information content (AvgIpc) is 2.58. The molecular formula is C20H18N2. The molecule has 0 aliphatic carbocycles. The maximum absolute atomic E-state index is 3.98. The van der Waals surface area contributed by atoms with Crippen LogP contribution in [0.4, 0.5) is 0 Å². The Labute approximate surface area is 131 Å². The van der Waals surface area contributed by atoms with Crippen LogP contribution in [0.15, 0.2) is 97.7 Å². The van der Waals surface area contributed by atoms with Crippen molar-refractivity contribution in [3.05, 3.63) is 109 Å². The zero-order chi connectivity index (χ0) is 15.3. The predicted octanol–water partition coefficient (Wildman–Crippen LogP) is 4.87. The largest absolute Gasteiger partial charge is 0.265 e. The van der Waals surface area contributed by atoms with E-state index in [4.69, 9.17) is 0 Å². The number of aromatic nitrogens is 2. The van der Waals surface area contributed by atoms with Crippen LogP contribution >= 0.6 is 0 Å². The van der Waals surface area contributed by atoms with Crippen molar-refractivity contribution in [3.8, 4) is 0 Å². The summed E-state index contributed by atoms with van der Waals surface area (Å²) in [5.74, 6) is 0. The highest BCUT2D eigenvalue weighted by molar-refractivity contribution is 5.51. The van der Waals surface area contributed by atoms with E-state index in [0.29, 0.717) is 0 Å². The van der Waals surface area contributed by atoms with Gasteiger partial charge < -0.3 is 0 Å². The molecule has 2 aromatic heterocycles. The Morgan fingerprint density at radius 1 is 0.455 bits per heavy atom. The van der Waals surface area contributed by atoms with E-state index in [1.807, 2.05) is 85.0 Å². The monoisotopic (exact) mass is 286 g/mol. The van der Waals surface area contributed by atoms with Gasteiger partial charge in [-0.2, -0.15) is 0 Å². The molecule has 0 bridgehead atoms. The first-order chi connectivity index (χ1) is 10.9. The lowest BCUT2D eigenvalue weighted by molar-refractivity contribution is 1.32. The molecule has 2 nitrogen and oxygen atoms in total. The van der Waals surface area contributed by atoms with Gasteiger partial charge in [-0.25, -0.2) is 0 Å². The Hall–Kier alpha value is -3.00. The quantitative estimate of drug-likeness (QED) is 0.708. The van der Waals surface area contributed by atoms with Gasteiger partial charge in [0.25, 0.3) is 0 Å². The molecule has 2 rings (SSSR count). The van der Waals surface area contributed by atoms with E-state index in [2.05, 4.69) is 9.97 Å². The van der Waals surface area contributed by atoms with Crippen molar-refractivity contribution in [2.24, 2.45) is 0 Å². The molecule has 0 aromatic carbocycles. The summed E-state index contributed by atoms with van der Waals surface area (Å²) in [7, 11) is 0. The molecule has 0 unspecified atom stereocenters. The van der Waals surface area contributed by atoms with Gasteiger partial charge in [0.15, 0.2) is 0 Å². The molecule has 0 atom stereocenters. The van der Waals surface area contributed by atoms with E-state index >= 15 is 0 Å². The SMILES string of the molecule is C(=C\C=C\C=C\c1ccncc1)/C=C/C=C/c1ccncc1. The van der Waals surface area contributed by atoms with Crippen LogP contribution in [0.1, 0.15) is 11.1 Å². The topological polar surface area (TPSA) is 25.8 Å². The standard InChI is InChI=1S/C20H18N2/c1(3-5-7-9-19-11-15-21-16-12-19)2-4-6-8-10-20-13-17-22-18-14-20/h1-18H/b2-1+,5-3+,6-4+,9-7+,10-8+. The average molecular weight is 286 g/mol. The molecule has 2 heteroatoms. The maximum atomic E-state index is 3.98. The van der Waals surface area contributed by atoms with E-state index in [1.54, 1.807) is 24.8 Å². The summed E-state index contributed by atoms with van der Waals surface area (Å²) < 4.78 is 0. The van der Waals surface area contributed by atoms with Crippen LogP contribution in [-0.4, -0.2) is 9.97 Å². The third kappa shape index (κ3) is 6.44. The molecule has 0 saturated heterocycles. The van der Waals surface area contributed by atoms with Gasteiger partial charge in [-0.3, -0.25) is 9.97 Å². The number of allylic oxidation sites excluding steroid dienone is 8. The second kappa shape index (κ2) is 9.83. The van der Waals surface area contributed by atoms with Crippen LogP contribution in [0.2, 0.25) is 0 Å². The molecule has 0 N–H and O–H groups in total. The van der Waals surface area contributed by atoms with Crippen LogP contribution in [0.3, 0.4) is 0 Å². The molecular weight excluding hydrogens is 268 g/mol. The third-order valence-corrected chi connectivity index (χ3v) is 2.77. The lowest BCUT2D eigenvalue weighted by atomic mass is 10.2. The van der Waals surface area contributed by atoms with E-state index in [9.17, 15) is 0 Å². The van der Waals surface area contributed by atoms with Crippen molar-refractivity contribution >= 4 is 12.2 Å². The first-order valence-corrected chi connectivity index (χ1v) is 7.10. The molecule has 2 heterocycles. The Bertz CT molecular complexity index is 617. The minimum atomic E-state index is 1.14. The van der Waals surface area contributed by atoms with E-state index in [1.165, 1.54) is 0 Å². The van der Waals surface area contributed by atoms with Crippen LogP contribution in [-0.2, 0) is 0 Å². The fourth-order valence-electron chi connectivity index (χ4n) is 1.67. The number of pyridine rings is 2. The van der Waals surface area contributed by atoms with Crippen molar-refractivity contribution in [1.29, 1.82) is 0 Å². The molecule has 0 amide bonds. The maximum Gasteiger partial charge on any atom is 0.0273 e. The van der Waals surface area contributed by atoms with Gasteiger partial charge in [0.05, 0.1) is 0 Å². The number of hydrogen-bond donors (Lipinski definition) is 0. The Balaban J connectivity index is 1.71. The van der Waals surface area contributed by atoms with Crippen LogP contribution in [0, 0.1) is 0 Å². The van der Waals surface area contributed by atoms with Gasteiger partial charge >= 0.3 is 0 Å². The molecule has 0 aliphatic rings. The first kappa shape index (κ1) is 15.4. The summed E-state index contributed by atoms with van der Waals surface area (Å²) in [6.45, 7) is 0. The number of rotatable bonds is 6. The zero-order valence-corrected chi connectivity index (χ0v) is 12.3. The summed E-state index contributed by atoms with van der Waals surface area (Å²) in [5.41, 5.74) is 2.29. The molecule has 0 aliphatic heterocycles. The highest BCUT2D eigenvalue weighted by Crippen LogP contribution is 2.00. The molecule has 0 spiro atoms. The van der Waals surface area contributed by atoms with E-state index in [-0.39, 0.29) is 0 Å². The molecule has 0 saturated carbocycles. The lowest BCUT2D eigenvalue weighted by Crippen LogP contribution is -1.71. The highest BCUT2D eigenvalue weighted by Gasteiger charge is 1.80. The summed E-state index contributed by atoms with van der Waals surface area (Å²) in [6.07, 6.45) is 27.2. The third-order valence-electron chi connectivity index (χ3n) is 2.77. The van der Waals surface area contributed by atoms with Crippen molar-refractivity contribution in [2.75, 3.05) is 0 Å². The van der Waals surface area contributed by atoms with Gasteiger partial charge in [-0.15, -0.1) is 0 Å². The van der Waals surface area contributed by atoms with E-state index < -0.39 is 0 Å². The van der Waals surface area contributed by atoms with Crippen molar-refractivity contribution in [2.45, 2.75) is 0 Å². The Kier molecular flexibility index (Phi) is 6.88. The summed E-state index contributed by atoms with van der Waals surface area (Å²) >= 11 is 0. The van der Waals surface area contributed by atoms with Crippen molar-refractivity contribution in [1.82, 2.24) is 9.97 Å². The highest BCUT2D eigenvalue weighted by atomic mass is 14.6. The Morgan fingerprint density at radius 3 is 1.14 bits per heavy atom. The molecule has 0 radical (unpaired) electrons. The van der Waals surface area contributed by atoms with Gasteiger partial charge in [-0.05, 0) is 35.4 Å². The normalized spacial score (nSPS) is 12.5. The summed E-state index contributed by atoms with van der Waals surface area (Å²) in [6, 6.07) is 7.88. The van der Waals surface area contributed by atoms with Gasteiger partial charge in [-0.1, -0.05) is 60.8 Å². The van der Waals surface area contributed by atoms with E-state index in [0.717, 1.165) is 11.1 Å². The fraction of sp³-hybridized carbons (Fsp3) is 0. The van der Waals surface area contributed by atoms with Gasteiger partial charge in [0.2, 0.25) is 0 Å². The molecule has 2 aromatic rings. The minimum Gasteiger partial charge on any atom is -0.265 e. The Morgan fingerprint density at radius 2 is 0.773 bits per heavy atom. The van der Waals surface area contributed by atoms with Crippen LogP contribution < -0.4 is 0 Å². The second-order valence-corrected chi connectivity index (χ2v) is 4.43. The second-order valence-electron chi connectivity index (χ2n) is 4.43. The van der Waals surface area contributed by atoms with Gasteiger partial charge in [0.1, 0.15) is 0 Å². The first-order valence-electron chi connectivity index (χ1n) is 7.10. The summed E-state index contributed by atoms with van der Waals surface area (Å²) in [4.78, 5) is 7.96. The molecule has 108 valence electrons. The van der Waals surface area contributed by atoms with Crippen molar-refractivity contribution < 1.29 is 0 Å². The predicted molar refractivity (Wildman–Crippen MR) is 94.0 cm³/mol.